The van der Waals surface area contributed by atoms with Gasteiger partial charge in [0, 0.05) is 21.5 Å². The normalized spacial score (nSPS) is 13.5. The van der Waals surface area contributed by atoms with Gasteiger partial charge in [-0.05, 0) is 49.7 Å². The molecule has 3 N–H and O–H groups in total. The maximum atomic E-state index is 12.1. The molecule has 2 aromatic rings. The summed E-state index contributed by atoms with van der Waals surface area (Å²) in [5.41, 5.74) is 7.66. The number of carbonyl (C=O) groups excluding carboxylic acids is 1. The van der Waals surface area contributed by atoms with Gasteiger partial charge in [-0.2, -0.15) is 0 Å². The molecule has 0 fully saturated rings. The highest BCUT2D eigenvalue weighted by Gasteiger charge is 2.17. The summed E-state index contributed by atoms with van der Waals surface area (Å²) >= 11 is 1.71. The Labute approximate surface area is 136 Å². The number of nitrogens with two attached hydrogens (primary N) is 1. The first-order chi connectivity index (χ1) is 10.5. The van der Waals surface area contributed by atoms with Gasteiger partial charge in [0.2, 0.25) is 5.91 Å². The number of aryl methyl sites for hydroxylation is 1. The fourth-order valence-corrected chi connectivity index (χ4v) is 2.89. The molecule has 2 rings (SSSR count). The van der Waals surface area contributed by atoms with E-state index >= 15 is 0 Å². The lowest BCUT2D eigenvalue weighted by Crippen LogP contribution is -2.34. The van der Waals surface area contributed by atoms with Crippen LogP contribution in [0.25, 0.3) is 0 Å². The van der Waals surface area contributed by atoms with E-state index in [0.717, 1.165) is 16.1 Å². The van der Waals surface area contributed by atoms with Crippen molar-refractivity contribution < 1.29 is 4.79 Å². The summed E-state index contributed by atoms with van der Waals surface area (Å²) in [5, 5.41) is 2.95. The zero-order valence-electron chi connectivity index (χ0n) is 13.2. The zero-order valence-corrected chi connectivity index (χ0v) is 14.0. The number of nitrogens with one attached hydrogen (secondary N) is 1. The molecule has 22 heavy (non-hydrogen) atoms. The van der Waals surface area contributed by atoms with Gasteiger partial charge < -0.3 is 11.1 Å². The molecule has 0 aliphatic rings. The van der Waals surface area contributed by atoms with Crippen LogP contribution in [0.3, 0.4) is 0 Å². The van der Waals surface area contributed by atoms with Crippen molar-refractivity contribution in [2.45, 2.75) is 36.6 Å². The molecular weight excluding hydrogens is 292 g/mol. The van der Waals surface area contributed by atoms with Crippen LogP contribution in [0, 0.1) is 12.8 Å². The Morgan fingerprint density at radius 2 is 1.77 bits per heavy atom. The SMILES string of the molecule is Cc1cc(Sc2ccccc2)ccc1NC(=O)C(C)C(C)N. The zero-order chi connectivity index (χ0) is 16.1. The van der Waals surface area contributed by atoms with Crippen molar-refractivity contribution in [3.05, 3.63) is 54.1 Å². The van der Waals surface area contributed by atoms with Crippen molar-refractivity contribution in [3.8, 4) is 0 Å². The molecule has 116 valence electrons. The van der Waals surface area contributed by atoms with E-state index in [1.54, 1.807) is 11.8 Å². The van der Waals surface area contributed by atoms with E-state index < -0.39 is 0 Å². The number of carbonyl (C=O) groups is 1. The number of rotatable bonds is 5. The lowest BCUT2D eigenvalue weighted by molar-refractivity contribution is -0.119. The van der Waals surface area contributed by atoms with Crippen LogP contribution in [0.4, 0.5) is 5.69 Å². The van der Waals surface area contributed by atoms with E-state index in [2.05, 4.69) is 23.5 Å². The Balaban J connectivity index is 2.08. The van der Waals surface area contributed by atoms with Crippen LogP contribution >= 0.6 is 11.8 Å². The third-order valence-corrected chi connectivity index (χ3v) is 4.63. The van der Waals surface area contributed by atoms with Crippen molar-refractivity contribution in [1.29, 1.82) is 0 Å². The van der Waals surface area contributed by atoms with Gasteiger partial charge >= 0.3 is 0 Å². The molecule has 0 aliphatic carbocycles. The van der Waals surface area contributed by atoms with Crippen molar-refractivity contribution in [3.63, 3.8) is 0 Å². The molecule has 0 aromatic heterocycles. The monoisotopic (exact) mass is 314 g/mol. The molecular formula is C18H22N2OS. The molecule has 0 spiro atoms. The summed E-state index contributed by atoms with van der Waals surface area (Å²) in [7, 11) is 0. The Morgan fingerprint density at radius 3 is 2.36 bits per heavy atom. The van der Waals surface area contributed by atoms with Gasteiger partial charge in [0.05, 0.1) is 5.92 Å². The molecule has 2 unspecified atom stereocenters. The van der Waals surface area contributed by atoms with E-state index in [4.69, 9.17) is 5.73 Å². The van der Waals surface area contributed by atoms with E-state index in [-0.39, 0.29) is 17.9 Å². The fourth-order valence-electron chi connectivity index (χ4n) is 1.95. The Kier molecular flexibility index (Phi) is 5.63. The predicted molar refractivity (Wildman–Crippen MR) is 93.2 cm³/mol. The molecule has 0 radical (unpaired) electrons. The lowest BCUT2D eigenvalue weighted by Gasteiger charge is -2.17. The van der Waals surface area contributed by atoms with Gasteiger partial charge in [0.1, 0.15) is 0 Å². The van der Waals surface area contributed by atoms with E-state index in [1.165, 1.54) is 4.90 Å². The minimum atomic E-state index is -0.210. The van der Waals surface area contributed by atoms with Gasteiger partial charge in [-0.15, -0.1) is 0 Å². The molecule has 0 aliphatic heterocycles. The van der Waals surface area contributed by atoms with Crippen LogP contribution in [0.2, 0.25) is 0 Å². The standard InChI is InChI=1S/C18H22N2OS/c1-12-11-16(22-15-7-5-4-6-8-15)9-10-17(12)20-18(21)13(2)14(3)19/h4-11,13-14H,19H2,1-3H3,(H,20,21). The molecule has 3 nitrogen and oxygen atoms in total. The topological polar surface area (TPSA) is 55.1 Å². The maximum absolute atomic E-state index is 12.1. The summed E-state index contributed by atoms with van der Waals surface area (Å²) in [4.78, 5) is 14.4. The Hall–Kier alpha value is -1.78. The van der Waals surface area contributed by atoms with Gasteiger partial charge in [-0.25, -0.2) is 0 Å². The van der Waals surface area contributed by atoms with Crippen LogP contribution < -0.4 is 11.1 Å². The van der Waals surface area contributed by atoms with Crippen LogP contribution in [0.1, 0.15) is 19.4 Å². The van der Waals surface area contributed by atoms with Gasteiger partial charge in [-0.3, -0.25) is 4.79 Å². The highest BCUT2D eigenvalue weighted by atomic mass is 32.2. The number of hydrogen-bond acceptors (Lipinski definition) is 3. The lowest BCUT2D eigenvalue weighted by atomic mass is 10.0. The first kappa shape index (κ1) is 16.6. The Morgan fingerprint density at radius 1 is 1.09 bits per heavy atom. The van der Waals surface area contributed by atoms with Crippen molar-refractivity contribution in [2.75, 3.05) is 5.32 Å². The summed E-state index contributed by atoms with van der Waals surface area (Å²) in [6, 6.07) is 16.1. The first-order valence-electron chi connectivity index (χ1n) is 7.37. The number of anilines is 1. The van der Waals surface area contributed by atoms with Crippen molar-refractivity contribution in [2.24, 2.45) is 11.7 Å². The van der Waals surface area contributed by atoms with Crippen LogP contribution in [0.15, 0.2) is 58.3 Å². The summed E-state index contributed by atoms with van der Waals surface area (Å²) < 4.78 is 0. The fraction of sp³-hybridized carbons (Fsp3) is 0.278. The van der Waals surface area contributed by atoms with Crippen molar-refractivity contribution >= 4 is 23.4 Å². The van der Waals surface area contributed by atoms with E-state index in [0.29, 0.717) is 0 Å². The quantitative estimate of drug-likeness (QED) is 0.874. The smallest absolute Gasteiger partial charge is 0.228 e. The molecule has 2 atom stereocenters. The third kappa shape index (κ3) is 4.36. The third-order valence-electron chi connectivity index (χ3n) is 3.64. The van der Waals surface area contributed by atoms with Crippen LogP contribution in [0.5, 0.6) is 0 Å². The molecule has 0 bridgehead atoms. The average Bonchev–Trinajstić information content (AvgIpc) is 2.50. The molecule has 0 saturated carbocycles. The minimum absolute atomic E-state index is 0.0402. The average molecular weight is 314 g/mol. The second-order valence-corrected chi connectivity index (χ2v) is 6.68. The second-order valence-electron chi connectivity index (χ2n) is 5.53. The molecule has 2 aromatic carbocycles. The molecule has 4 heteroatoms. The first-order valence-corrected chi connectivity index (χ1v) is 8.19. The largest absolute Gasteiger partial charge is 0.327 e. The number of benzene rings is 2. The van der Waals surface area contributed by atoms with Gasteiger partial charge in [-0.1, -0.05) is 36.9 Å². The predicted octanol–water partition coefficient (Wildman–Crippen LogP) is 4.07. The Bertz CT molecular complexity index is 641. The number of hydrogen-bond donors (Lipinski definition) is 2. The van der Waals surface area contributed by atoms with E-state index in [1.807, 2.05) is 51.1 Å². The minimum Gasteiger partial charge on any atom is -0.327 e. The highest BCUT2D eigenvalue weighted by molar-refractivity contribution is 7.99. The van der Waals surface area contributed by atoms with Crippen LogP contribution in [-0.4, -0.2) is 11.9 Å². The second kappa shape index (κ2) is 7.47. The highest BCUT2D eigenvalue weighted by Crippen LogP contribution is 2.30. The maximum Gasteiger partial charge on any atom is 0.228 e. The number of amides is 1. The van der Waals surface area contributed by atoms with E-state index in [9.17, 15) is 4.79 Å². The molecule has 0 saturated heterocycles. The summed E-state index contributed by atoms with van der Waals surface area (Å²) in [6.07, 6.45) is 0. The summed E-state index contributed by atoms with van der Waals surface area (Å²) in [5.74, 6) is -0.251. The van der Waals surface area contributed by atoms with Crippen molar-refractivity contribution in [1.82, 2.24) is 0 Å². The molecule has 0 heterocycles. The summed E-state index contributed by atoms with van der Waals surface area (Å²) in [6.45, 7) is 5.69. The van der Waals surface area contributed by atoms with Gasteiger partial charge in [0.25, 0.3) is 0 Å². The van der Waals surface area contributed by atoms with Gasteiger partial charge in [0.15, 0.2) is 0 Å². The van der Waals surface area contributed by atoms with Crippen LogP contribution in [-0.2, 0) is 4.79 Å². The molecule has 1 amide bonds.